The molecule has 7 heteroatoms. The van der Waals surface area contributed by atoms with Crippen LogP contribution in [-0.4, -0.2) is 34.7 Å². The van der Waals surface area contributed by atoms with Gasteiger partial charge in [-0.25, -0.2) is 13.6 Å². The summed E-state index contributed by atoms with van der Waals surface area (Å²) in [5.74, 6) is 1.18. The van der Waals surface area contributed by atoms with E-state index in [1.165, 1.54) is 12.7 Å². The summed E-state index contributed by atoms with van der Waals surface area (Å²) in [6, 6.07) is 13.3. The van der Waals surface area contributed by atoms with Gasteiger partial charge in [0.1, 0.15) is 16.4 Å². The summed E-state index contributed by atoms with van der Waals surface area (Å²) in [6.45, 7) is 5.48. The number of primary sulfonamides is 1. The Labute approximate surface area is 161 Å². The van der Waals surface area contributed by atoms with E-state index in [1.54, 1.807) is 12.1 Å². The second kappa shape index (κ2) is 9.73. The summed E-state index contributed by atoms with van der Waals surface area (Å²) in [5, 5.41) is 8.75. The zero-order chi connectivity index (χ0) is 19.9. The van der Waals surface area contributed by atoms with Crippen LogP contribution in [0.4, 0.5) is 0 Å². The Morgan fingerprint density at radius 1 is 1.15 bits per heavy atom. The molecule has 2 rings (SSSR count). The molecule has 0 saturated heterocycles. The van der Waals surface area contributed by atoms with Crippen LogP contribution >= 0.6 is 0 Å². The van der Waals surface area contributed by atoms with Crippen LogP contribution in [0.2, 0.25) is 0 Å². The lowest BCUT2D eigenvalue weighted by atomic mass is 10.1. The van der Waals surface area contributed by atoms with Crippen LogP contribution in [0, 0.1) is 0 Å². The molecule has 1 atom stereocenters. The van der Waals surface area contributed by atoms with Crippen LogP contribution < -0.4 is 19.9 Å². The molecule has 148 valence electrons. The molecule has 0 aliphatic carbocycles. The molecule has 0 saturated carbocycles. The molecule has 0 aliphatic heterocycles. The predicted molar refractivity (Wildman–Crippen MR) is 107 cm³/mol. The third-order valence-electron chi connectivity index (χ3n) is 4.24. The van der Waals surface area contributed by atoms with E-state index in [9.17, 15) is 8.42 Å². The molecule has 0 fully saturated rings. The number of sulfonamides is 1. The fourth-order valence-electron chi connectivity index (χ4n) is 2.96. The van der Waals surface area contributed by atoms with Gasteiger partial charge in [-0.15, -0.1) is 0 Å². The quantitative estimate of drug-likeness (QED) is 0.648. The van der Waals surface area contributed by atoms with Gasteiger partial charge in [0.2, 0.25) is 10.0 Å². The third kappa shape index (κ3) is 6.23. The maximum absolute atomic E-state index is 11.7. The Morgan fingerprint density at radius 3 is 2.56 bits per heavy atom. The molecule has 27 heavy (non-hydrogen) atoms. The topological polar surface area (TPSA) is 90.7 Å². The number of nitrogens with two attached hydrogens (primary N) is 1. The normalized spacial score (nSPS) is 12.6. The van der Waals surface area contributed by atoms with Crippen molar-refractivity contribution in [3.63, 3.8) is 0 Å². The second-order valence-electron chi connectivity index (χ2n) is 6.38. The monoisotopic (exact) mass is 392 g/mol. The Kier molecular flexibility index (Phi) is 7.65. The fourth-order valence-corrected chi connectivity index (χ4v) is 3.70. The van der Waals surface area contributed by atoms with E-state index in [2.05, 4.69) is 18.3 Å². The minimum atomic E-state index is -3.83. The van der Waals surface area contributed by atoms with E-state index >= 15 is 0 Å². The Balaban J connectivity index is 1.96. The van der Waals surface area contributed by atoms with E-state index in [4.69, 9.17) is 14.6 Å². The smallest absolute Gasteiger partial charge is 0.241 e. The first-order valence-electron chi connectivity index (χ1n) is 8.99. The highest BCUT2D eigenvalue weighted by Gasteiger charge is 2.16. The first-order valence-corrected chi connectivity index (χ1v) is 10.5. The summed E-state index contributed by atoms with van der Waals surface area (Å²) < 4.78 is 34.2. The zero-order valence-electron chi connectivity index (χ0n) is 16.1. The van der Waals surface area contributed by atoms with E-state index in [0.29, 0.717) is 13.0 Å². The van der Waals surface area contributed by atoms with Crippen LogP contribution in [-0.2, 0) is 22.9 Å². The maximum atomic E-state index is 11.7. The van der Waals surface area contributed by atoms with Gasteiger partial charge in [-0.05, 0) is 62.6 Å². The summed E-state index contributed by atoms with van der Waals surface area (Å²) >= 11 is 0. The Bertz CT molecular complexity index is 853. The molecular formula is C20H28N2O4S. The van der Waals surface area contributed by atoms with Gasteiger partial charge in [0.05, 0.1) is 13.7 Å². The largest absolute Gasteiger partial charge is 0.495 e. The molecule has 0 spiro atoms. The van der Waals surface area contributed by atoms with Crippen LogP contribution in [0.5, 0.6) is 11.5 Å². The van der Waals surface area contributed by atoms with Crippen molar-refractivity contribution in [2.45, 2.75) is 37.6 Å². The molecule has 0 amide bonds. The number of para-hydroxylation sites is 1. The van der Waals surface area contributed by atoms with Crippen LogP contribution in [0.1, 0.15) is 25.0 Å². The Morgan fingerprint density at radius 2 is 1.89 bits per heavy atom. The number of ether oxygens (including phenoxy) is 2. The number of hydrogen-bond acceptors (Lipinski definition) is 5. The molecule has 0 radical (unpaired) electrons. The van der Waals surface area contributed by atoms with Crippen molar-refractivity contribution in [1.82, 2.24) is 5.32 Å². The van der Waals surface area contributed by atoms with Gasteiger partial charge < -0.3 is 14.8 Å². The molecule has 0 heterocycles. The second-order valence-corrected chi connectivity index (χ2v) is 7.91. The van der Waals surface area contributed by atoms with Gasteiger partial charge in [-0.1, -0.05) is 24.3 Å². The average molecular weight is 393 g/mol. The molecule has 0 bridgehead atoms. The van der Waals surface area contributed by atoms with E-state index in [-0.39, 0.29) is 16.7 Å². The maximum Gasteiger partial charge on any atom is 0.241 e. The first-order chi connectivity index (χ1) is 12.8. The van der Waals surface area contributed by atoms with Gasteiger partial charge >= 0.3 is 0 Å². The lowest BCUT2D eigenvalue weighted by Crippen LogP contribution is -2.30. The van der Waals surface area contributed by atoms with Crippen LogP contribution in [0.15, 0.2) is 47.4 Å². The van der Waals surface area contributed by atoms with Gasteiger partial charge in [0.15, 0.2) is 0 Å². The minimum Gasteiger partial charge on any atom is -0.495 e. The van der Waals surface area contributed by atoms with E-state index in [0.717, 1.165) is 24.3 Å². The summed E-state index contributed by atoms with van der Waals surface area (Å²) in [6.07, 6.45) is 1.53. The van der Waals surface area contributed by atoms with Gasteiger partial charge in [-0.3, -0.25) is 0 Å². The molecular weight excluding hydrogens is 364 g/mol. The van der Waals surface area contributed by atoms with Crippen molar-refractivity contribution in [3.8, 4) is 11.5 Å². The average Bonchev–Trinajstić information content (AvgIpc) is 2.62. The number of rotatable bonds is 10. The van der Waals surface area contributed by atoms with Crippen molar-refractivity contribution >= 4 is 10.0 Å². The highest BCUT2D eigenvalue weighted by atomic mass is 32.2. The molecule has 6 nitrogen and oxygen atoms in total. The van der Waals surface area contributed by atoms with Crippen molar-refractivity contribution in [1.29, 1.82) is 0 Å². The van der Waals surface area contributed by atoms with Gasteiger partial charge in [0.25, 0.3) is 0 Å². The lowest BCUT2D eigenvalue weighted by Gasteiger charge is -2.16. The lowest BCUT2D eigenvalue weighted by molar-refractivity contribution is 0.336. The zero-order valence-corrected chi connectivity index (χ0v) is 16.9. The Hall–Kier alpha value is -2.09. The van der Waals surface area contributed by atoms with Crippen LogP contribution in [0.3, 0.4) is 0 Å². The van der Waals surface area contributed by atoms with Crippen molar-refractivity contribution in [2.24, 2.45) is 5.14 Å². The molecule has 2 aromatic carbocycles. The van der Waals surface area contributed by atoms with Crippen molar-refractivity contribution < 1.29 is 17.9 Å². The number of benzene rings is 2. The SMILES string of the molecule is CCOc1ccccc1CCN[C@H](C)Cc1ccc(OC)c(S(N)(=O)=O)c1. The molecule has 2 aromatic rings. The number of nitrogens with one attached hydrogen (secondary N) is 1. The highest BCUT2D eigenvalue weighted by molar-refractivity contribution is 7.89. The summed E-state index contributed by atoms with van der Waals surface area (Å²) in [4.78, 5) is 0.0142. The minimum absolute atomic E-state index is 0.0142. The van der Waals surface area contributed by atoms with Gasteiger partial charge in [-0.2, -0.15) is 0 Å². The van der Waals surface area contributed by atoms with Gasteiger partial charge in [0, 0.05) is 6.04 Å². The van der Waals surface area contributed by atoms with Crippen molar-refractivity contribution in [2.75, 3.05) is 20.3 Å². The third-order valence-corrected chi connectivity index (χ3v) is 5.17. The molecule has 0 aliphatic rings. The highest BCUT2D eigenvalue weighted by Crippen LogP contribution is 2.24. The standard InChI is InChI=1S/C20H28N2O4S/c1-4-26-18-8-6-5-7-17(18)11-12-22-15(2)13-16-9-10-19(25-3)20(14-16)27(21,23)24/h5-10,14-15,22H,4,11-13H2,1-3H3,(H2,21,23,24)/t15-/m1/s1. The van der Waals surface area contributed by atoms with Crippen molar-refractivity contribution in [3.05, 3.63) is 53.6 Å². The van der Waals surface area contributed by atoms with E-state index in [1.807, 2.05) is 31.2 Å². The molecule has 0 aromatic heterocycles. The summed E-state index contributed by atoms with van der Waals surface area (Å²) in [5.41, 5.74) is 2.05. The fraction of sp³-hybridized carbons (Fsp3) is 0.400. The summed E-state index contributed by atoms with van der Waals surface area (Å²) in [7, 11) is -2.40. The van der Waals surface area contributed by atoms with Crippen LogP contribution in [0.25, 0.3) is 0 Å². The first kappa shape index (κ1) is 21.2. The predicted octanol–water partition coefficient (Wildman–Crippen LogP) is 2.50. The van der Waals surface area contributed by atoms with E-state index < -0.39 is 10.0 Å². The number of methoxy groups -OCH3 is 1. The molecule has 0 unspecified atom stereocenters. The number of hydrogen-bond donors (Lipinski definition) is 2. The molecule has 3 N–H and O–H groups in total.